The number of halogens is 1. The van der Waals surface area contributed by atoms with Crippen molar-refractivity contribution >= 4 is 39.0 Å². The van der Waals surface area contributed by atoms with E-state index in [0.717, 1.165) is 0 Å². The SMILES string of the molecule is O=C(CC1(O)C(=O)Nc2ccc(Br)cc21)c1cccc(N(O)O)c1. The molecule has 0 radical (unpaired) electrons. The van der Waals surface area contributed by atoms with Crippen LogP contribution in [0.25, 0.3) is 0 Å². The van der Waals surface area contributed by atoms with Gasteiger partial charge >= 0.3 is 0 Å². The molecule has 4 N–H and O–H groups in total. The van der Waals surface area contributed by atoms with Gasteiger partial charge in [-0.1, -0.05) is 28.1 Å². The molecule has 0 fully saturated rings. The molecule has 1 aliphatic rings. The highest BCUT2D eigenvalue weighted by molar-refractivity contribution is 9.10. The summed E-state index contributed by atoms with van der Waals surface area (Å²) in [5.41, 5.74) is -1.08. The second-order valence-electron chi connectivity index (χ2n) is 5.44. The van der Waals surface area contributed by atoms with Gasteiger partial charge < -0.3 is 10.4 Å². The zero-order chi connectivity index (χ0) is 17.5. The number of Topliss-reactive ketones (excluding diaryl/α,β-unsaturated/α-hetero) is 1. The number of aliphatic hydroxyl groups is 1. The van der Waals surface area contributed by atoms with E-state index in [0.29, 0.717) is 15.7 Å². The van der Waals surface area contributed by atoms with Gasteiger partial charge in [-0.05, 0) is 30.3 Å². The number of nitrogens with one attached hydrogen (secondary N) is 1. The Morgan fingerprint density at radius 2 is 1.96 bits per heavy atom. The van der Waals surface area contributed by atoms with Crippen molar-refractivity contribution in [1.82, 2.24) is 0 Å². The van der Waals surface area contributed by atoms with Crippen LogP contribution in [0.4, 0.5) is 11.4 Å². The summed E-state index contributed by atoms with van der Waals surface area (Å²) < 4.78 is 0.668. The number of carbonyl (C=O) groups is 2. The summed E-state index contributed by atoms with van der Waals surface area (Å²) >= 11 is 3.28. The molecule has 1 aliphatic heterocycles. The van der Waals surface area contributed by atoms with Crippen LogP contribution in [0.3, 0.4) is 0 Å². The molecule has 0 bridgehead atoms. The maximum atomic E-state index is 12.5. The van der Waals surface area contributed by atoms with Crippen LogP contribution < -0.4 is 10.5 Å². The lowest BCUT2D eigenvalue weighted by Gasteiger charge is -2.20. The van der Waals surface area contributed by atoms with Crippen LogP contribution in [0.2, 0.25) is 0 Å². The molecule has 124 valence electrons. The Hall–Kier alpha value is -2.26. The van der Waals surface area contributed by atoms with E-state index in [4.69, 9.17) is 10.4 Å². The third-order valence-electron chi connectivity index (χ3n) is 3.87. The molecule has 0 saturated carbocycles. The molecular formula is C16H13BrN2O5. The van der Waals surface area contributed by atoms with Crippen molar-refractivity contribution in [2.24, 2.45) is 0 Å². The van der Waals surface area contributed by atoms with Gasteiger partial charge in [0.1, 0.15) is 0 Å². The van der Waals surface area contributed by atoms with Gasteiger partial charge in [0.15, 0.2) is 11.4 Å². The van der Waals surface area contributed by atoms with Gasteiger partial charge in [-0.3, -0.25) is 20.0 Å². The molecule has 3 rings (SSSR count). The quantitative estimate of drug-likeness (QED) is 0.469. The zero-order valence-electron chi connectivity index (χ0n) is 12.2. The zero-order valence-corrected chi connectivity index (χ0v) is 13.8. The third-order valence-corrected chi connectivity index (χ3v) is 4.36. The summed E-state index contributed by atoms with van der Waals surface area (Å²) in [6, 6.07) is 10.5. The topological polar surface area (TPSA) is 110 Å². The largest absolute Gasteiger partial charge is 0.375 e. The van der Waals surface area contributed by atoms with E-state index in [9.17, 15) is 14.7 Å². The summed E-state index contributed by atoms with van der Waals surface area (Å²) in [5, 5.41) is 31.3. The van der Waals surface area contributed by atoms with Crippen LogP contribution in [-0.2, 0) is 10.4 Å². The highest BCUT2D eigenvalue weighted by atomic mass is 79.9. The van der Waals surface area contributed by atoms with E-state index in [1.165, 1.54) is 24.3 Å². The van der Waals surface area contributed by atoms with Crippen molar-refractivity contribution in [2.75, 3.05) is 10.5 Å². The molecule has 0 spiro atoms. The molecule has 0 aliphatic carbocycles. The Morgan fingerprint density at radius 3 is 2.67 bits per heavy atom. The lowest BCUT2D eigenvalue weighted by molar-refractivity contribution is -0.133. The van der Waals surface area contributed by atoms with E-state index in [1.54, 1.807) is 18.2 Å². The van der Waals surface area contributed by atoms with Gasteiger partial charge in [0.05, 0.1) is 12.1 Å². The minimum atomic E-state index is -1.98. The van der Waals surface area contributed by atoms with Crippen LogP contribution in [0.1, 0.15) is 22.3 Å². The Bertz CT molecular complexity index is 839. The molecule has 2 aromatic carbocycles. The molecule has 2 aromatic rings. The summed E-state index contributed by atoms with van der Waals surface area (Å²) in [5.74, 6) is -1.18. The number of ketones is 1. The van der Waals surface area contributed by atoms with E-state index in [1.807, 2.05) is 0 Å². The first-order valence-electron chi connectivity index (χ1n) is 6.96. The van der Waals surface area contributed by atoms with E-state index in [-0.39, 0.29) is 16.5 Å². The Balaban J connectivity index is 1.93. The lowest BCUT2D eigenvalue weighted by atomic mass is 9.88. The first-order chi connectivity index (χ1) is 11.3. The first-order valence-corrected chi connectivity index (χ1v) is 7.75. The van der Waals surface area contributed by atoms with E-state index in [2.05, 4.69) is 21.2 Å². The molecule has 24 heavy (non-hydrogen) atoms. The molecule has 1 atom stereocenters. The van der Waals surface area contributed by atoms with Crippen LogP contribution in [0.15, 0.2) is 46.9 Å². The van der Waals surface area contributed by atoms with E-state index >= 15 is 0 Å². The Morgan fingerprint density at radius 1 is 1.21 bits per heavy atom. The average molecular weight is 393 g/mol. The van der Waals surface area contributed by atoms with Crippen molar-refractivity contribution in [3.63, 3.8) is 0 Å². The predicted molar refractivity (Wildman–Crippen MR) is 88.1 cm³/mol. The van der Waals surface area contributed by atoms with Crippen molar-refractivity contribution in [3.8, 4) is 0 Å². The molecule has 1 heterocycles. The second-order valence-corrected chi connectivity index (χ2v) is 6.36. The first kappa shape index (κ1) is 16.6. The number of amides is 1. The molecule has 1 unspecified atom stereocenters. The third kappa shape index (κ3) is 2.80. The molecule has 0 saturated heterocycles. The maximum absolute atomic E-state index is 12.5. The van der Waals surface area contributed by atoms with Gasteiger partial charge in [-0.2, -0.15) is 0 Å². The second kappa shape index (κ2) is 5.99. The summed E-state index contributed by atoms with van der Waals surface area (Å²) in [7, 11) is 0. The normalized spacial score (nSPS) is 18.9. The van der Waals surface area contributed by atoms with Gasteiger partial charge in [0, 0.05) is 21.3 Å². The van der Waals surface area contributed by atoms with Crippen molar-refractivity contribution in [1.29, 1.82) is 0 Å². The average Bonchev–Trinajstić information content (AvgIpc) is 2.79. The molecule has 8 heteroatoms. The van der Waals surface area contributed by atoms with Crippen LogP contribution in [-0.4, -0.2) is 27.2 Å². The van der Waals surface area contributed by atoms with Crippen molar-refractivity contribution in [3.05, 3.63) is 58.1 Å². The highest BCUT2D eigenvalue weighted by Gasteiger charge is 2.46. The Labute approximate surface area is 145 Å². The Kier molecular flexibility index (Phi) is 4.14. The maximum Gasteiger partial charge on any atom is 0.261 e. The minimum absolute atomic E-state index is 0.00754. The van der Waals surface area contributed by atoms with Crippen LogP contribution in [0.5, 0.6) is 0 Å². The summed E-state index contributed by atoms with van der Waals surface area (Å²) in [6.07, 6.45) is -0.470. The number of hydrogen-bond acceptors (Lipinski definition) is 6. The fraction of sp³-hybridized carbons (Fsp3) is 0.125. The number of hydrogen-bond donors (Lipinski definition) is 4. The van der Waals surface area contributed by atoms with E-state index < -0.39 is 23.7 Å². The number of rotatable bonds is 4. The number of carbonyl (C=O) groups excluding carboxylic acids is 2. The standard InChI is InChI=1S/C16H13BrN2O5/c17-10-4-5-13-12(7-10)16(22,15(21)18-13)8-14(20)9-2-1-3-11(6-9)19(23)24/h1-7,22-24H,8H2,(H,18,21). The monoisotopic (exact) mass is 392 g/mol. The molecule has 7 nitrogen and oxygen atoms in total. The van der Waals surface area contributed by atoms with Gasteiger partial charge in [-0.15, -0.1) is 5.23 Å². The number of benzene rings is 2. The molecule has 1 amide bonds. The number of nitrogens with zero attached hydrogens (tertiary/aromatic N) is 1. The lowest BCUT2D eigenvalue weighted by Crippen LogP contribution is -2.36. The fourth-order valence-corrected chi connectivity index (χ4v) is 2.99. The smallest absolute Gasteiger partial charge is 0.261 e. The van der Waals surface area contributed by atoms with Crippen molar-refractivity contribution in [2.45, 2.75) is 12.0 Å². The molecule has 0 aromatic heterocycles. The van der Waals surface area contributed by atoms with Crippen molar-refractivity contribution < 1.29 is 25.1 Å². The van der Waals surface area contributed by atoms with Gasteiger partial charge in [0.2, 0.25) is 0 Å². The predicted octanol–water partition coefficient (Wildman–Crippen LogP) is 2.45. The summed E-state index contributed by atoms with van der Waals surface area (Å²) in [4.78, 5) is 24.7. The van der Waals surface area contributed by atoms with Gasteiger partial charge in [0.25, 0.3) is 5.91 Å². The van der Waals surface area contributed by atoms with Crippen LogP contribution >= 0.6 is 15.9 Å². The summed E-state index contributed by atoms with van der Waals surface area (Å²) in [6.45, 7) is 0. The van der Waals surface area contributed by atoms with Crippen LogP contribution in [0, 0.1) is 0 Å². The fourth-order valence-electron chi connectivity index (χ4n) is 2.63. The minimum Gasteiger partial charge on any atom is -0.375 e. The number of fused-ring (bicyclic) bond motifs is 1. The number of anilines is 2. The molecular weight excluding hydrogens is 380 g/mol. The highest BCUT2D eigenvalue weighted by Crippen LogP contribution is 2.40. The van der Waals surface area contributed by atoms with Gasteiger partial charge in [-0.25, -0.2) is 0 Å².